The fourth-order valence-electron chi connectivity index (χ4n) is 3.88. The third-order valence-corrected chi connectivity index (χ3v) is 5.00. The van der Waals surface area contributed by atoms with Crippen molar-refractivity contribution in [1.82, 2.24) is 4.90 Å². The van der Waals surface area contributed by atoms with E-state index in [4.69, 9.17) is 4.74 Å². The molecule has 26 heavy (non-hydrogen) atoms. The first kappa shape index (κ1) is 18.5. The number of aliphatic carboxylic acids is 1. The normalized spacial score (nSPS) is 19.1. The number of rotatable bonds is 6. The third kappa shape index (κ3) is 4.07. The van der Waals surface area contributed by atoms with Gasteiger partial charge in [-0.2, -0.15) is 0 Å². The van der Waals surface area contributed by atoms with E-state index in [2.05, 4.69) is 36.1 Å². The van der Waals surface area contributed by atoms with Gasteiger partial charge in [-0.05, 0) is 56.5 Å². The van der Waals surface area contributed by atoms with Gasteiger partial charge in [0, 0.05) is 0 Å². The maximum atomic E-state index is 11.9. The van der Waals surface area contributed by atoms with Crippen molar-refractivity contribution < 1.29 is 14.6 Å². The van der Waals surface area contributed by atoms with Gasteiger partial charge >= 0.3 is 5.97 Å². The van der Waals surface area contributed by atoms with Gasteiger partial charge in [-0.3, -0.25) is 9.69 Å². The van der Waals surface area contributed by atoms with Crippen LogP contribution in [0, 0.1) is 6.92 Å². The summed E-state index contributed by atoms with van der Waals surface area (Å²) in [4.78, 5) is 14.0. The monoisotopic (exact) mass is 353 g/mol. The van der Waals surface area contributed by atoms with Crippen molar-refractivity contribution in [3.63, 3.8) is 0 Å². The summed E-state index contributed by atoms with van der Waals surface area (Å²) in [7, 11) is 0. The first-order valence-electron chi connectivity index (χ1n) is 9.38. The van der Waals surface area contributed by atoms with Crippen LogP contribution >= 0.6 is 0 Å². The van der Waals surface area contributed by atoms with Crippen LogP contribution in [0.4, 0.5) is 0 Å². The molecular weight excluding hydrogens is 326 g/mol. The molecule has 0 amide bonds. The molecule has 1 aliphatic heterocycles. The largest absolute Gasteiger partial charge is 0.494 e. The van der Waals surface area contributed by atoms with Crippen molar-refractivity contribution in [1.29, 1.82) is 0 Å². The molecule has 1 aliphatic rings. The topological polar surface area (TPSA) is 49.8 Å². The van der Waals surface area contributed by atoms with Crippen molar-refractivity contribution in [3.8, 4) is 5.75 Å². The summed E-state index contributed by atoms with van der Waals surface area (Å²) in [6.45, 7) is 5.44. The number of nitrogens with zero attached hydrogens (tertiary/aromatic N) is 1. The van der Waals surface area contributed by atoms with E-state index in [0.717, 1.165) is 36.3 Å². The van der Waals surface area contributed by atoms with E-state index in [0.29, 0.717) is 13.0 Å². The van der Waals surface area contributed by atoms with Gasteiger partial charge in [-0.1, -0.05) is 48.4 Å². The molecule has 0 aliphatic carbocycles. The molecule has 0 spiro atoms. The minimum Gasteiger partial charge on any atom is -0.494 e. The molecule has 0 saturated carbocycles. The molecule has 0 aromatic heterocycles. The van der Waals surface area contributed by atoms with Crippen molar-refractivity contribution in [2.75, 3.05) is 13.2 Å². The number of carbonyl (C=O) groups is 1. The molecular formula is C22H27NO3. The third-order valence-electron chi connectivity index (χ3n) is 5.00. The molecule has 2 unspecified atom stereocenters. The summed E-state index contributed by atoms with van der Waals surface area (Å²) in [6, 6.07) is 15.9. The van der Waals surface area contributed by atoms with Crippen LogP contribution in [0.25, 0.3) is 0 Å². The van der Waals surface area contributed by atoms with Gasteiger partial charge in [0.2, 0.25) is 0 Å². The highest BCUT2D eigenvalue weighted by atomic mass is 16.5. The lowest BCUT2D eigenvalue weighted by Gasteiger charge is -2.39. The zero-order valence-electron chi connectivity index (χ0n) is 15.5. The first-order chi connectivity index (χ1) is 12.6. The van der Waals surface area contributed by atoms with Gasteiger partial charge in [-0.15, -0.1) is 0 Å². The van der Waals surface area contributed by atoms with Gasteiger partial charge in [0.05, 0.1) is 12.6 Å². The predicted octanol–water partition coefficient (Wildman–Crippen LogP) is 4.42. The van der Waals surface area contributed by atoms with Gasteiger partial charge in [0.25, 0.3) is 0 Å². The number of ether oxygens (including phenoxy) is 1. The van der Waals surface area contributed by atoms with Crippen LogP contribution in [-0.2, 0) is 4.79 Å². The van der Waals surface area contributed by atoms with Crippen LogP contribution < -0.4 is 4.74 Å². The summed E-state index contributed by atoms with van der Waals surface area (Å²) in [6.07, 6.45) is 2.69. The zero-order valence-corrected chi connectivity index (χ0v) is 15.5. The second-order valence-electron chi connectivity index (χ2n) is 6.91. The highest BCUT2D eigenvalue weighted by molar-refractivity contribution is 5.73. The average molecular weight is 353 g/mol. The molecule has 1 heterocycles. The number of carboxylic acid groups (broad SMARTS) is 1. The molecule has 138 valence electrons. The van der Waals surface area contributed by atoms with Crippen LogP contribution in [0.1, 0.15) is 48.9 Å². The van der Waals surface area contributed by atoms with E-state index in [9.17, 15) is 9.90 Å². The fraction of sp³-hybridized carbons (Fsp3) is 0.409. The maximum absolute atomic E-state index is 11.9. The Labute approximate surface area is 155 Å². The second kappa shape index (κ2) is 8.37. The van der Waals surface area contributed by atoms with E-state index < -0.39 is 12.0 Å². The van der Waals surface area contributed by atoms with Gasteiger partial charge < -0.3 is 9.84 Å². The Morgan fingerprint density at radius 1 is 1.19 bits per heavy atom. The molecule has 2 aromatic rings. The Morgan fingerprint density at radius 2 is 1.92 bits per heavy atom. The summed E-state index contributed by atoms with van der Waals surface area (Å²) in [5.74, 6) is 0.0925. The Hall–Kier alpha value is -2.33. The van der Waals surface area contributed by atoms with Crippen LogP contribution in [0.15, 0.2) is 48.5 Å². The predicted molar refractivity (Wildman–Crippen MR) is 103 cm³/mol. The Morgan fingerprint density at radius 3 is 2.62 bits per heavy atom. The number of hydrogen-bond donors (Lipinski definition) is 1. The second-order valence-corrected chi connectivity index (χ2v) is 6.91. The lowest BCUT2D eigenvalue weighted by molar-refractivity contribution is -0.145. The lowest BCUT2D eigenvalue weighted by Crippen LogP contribution is -2.46. The molecule has 2 atom stereocenters. The minimum atomic E-state index is -0.733. The summed E-state index contributed by atoms with van der Waals surface area (Å²) in [5, 5.41) is 9.78. The maximum Gasteiger partial charge on any atom is 0.320 e. The van der Waals surface area contributed by atoms with Crippen LogP contribution in [0.3, 0.4) is 0 Å². The summed E-state index contributed by atoms with van der Waals surface area (Å²) in [5.41, 5.74) is 3.39. The van der Waals surface area contributed by atoms with Crippen molar-refractivity contribution in [3.05, 3.63) is 65.2 Å². The molecule has 0 bridgehead atoms. The molecule has 3 rings (SSSR count). The lowest BCUT2D eigenvalue weighted by atomic mass is 9.91. The van der Waals surface area contributed by atoms with E-state index in [1.807, 2.05) is 31.2 Å². The highest BCUT2D eigenvalue weighted by Gasteiger charge is 2.35. The molecule has 0 radical (unpaired) electrons. The summed E-state index contributed by atoms with van der Waals surface area (Å²) >= 11 is 0. The smallest absolute Gasteiger partial charge is 0.320 e. The number of hydrogen-bond acceptors (Lipinski definition) is 3. The first-order valence-corrected chi connectivity index (χ1v) is 9.38. The highest BCUT2D eigenvalue weighted by Crippen LogP contribution is 2.35. The van der Waals surface area contributed by atoms with E-state index in [-0.39, 0.29) is 6.04 Å². The number of likely N-dealkylation sites (tertiary alicyclic amines) is 1. The zero-order chi connectivity index (χ0) is 18.5. The molecule has 1 saturated heterocycles. The standard InChI is InChI=1S/C22H27NO3/c1-3-26-19-11-7-10-18(15-19)21(17-9-6-8-16(2)14-17)23-13-5-4-12-20(23)22(24)25/h6-11,14-15,20-21H,3-5,12-13H2,1-2H3,(H,24,25). The van der Waals surface area contributed by atoms with Gasteiger partial charge in [0.15, 0.2) is 0 Å². The van der Waals surface area contributed by atoms with Crippen LogP contribution in [-0.4, -0.2) is 35.2 Å². The Kier molecular flexibility index (Phi) is 5.94. The van der Waals surface area contributed by atoms with E-state index in [1.54, 1.807) is 0 Å². The van der Waals surface area contributed by atoms with Crippen LogP contribution in [0.2, 0.25) is 0 Å². The molecule has 2 aromatic carbocycles. The Bertz CT molecular complexity index is 759. The van der Waals surface area contributed by atoms with E-state index >= 15 is 0 Å². The fourth-order valence-corrected chi connectivity index (χ4v) is 3.88. The van der Waals surface area contributed by atoms with Gasteiger partial charge in [0.1, 0.15) is 11.8 Å². The SMILES string of the molecule is CCOc1cccc(C(c2cccc(C)c2)N2CCCCC2C(=O)O)c1. The molecule has 1 N–H and O–H groups in total. The molecule has 4 heteroatoms. The minimum absolute atomic E-state index is 0.0864. The van der Waals surface area contributed by atoms with Crippen molar-refractivity contribution in [2.24, 2.45) is 0 Å². The molecule has 1 fully saturated rings. The van der Waals surface area contributed by atoms with Crippen LogP contribution in [0.5, 0.6) is 5.75 Å². The van der Waals surface area contributed by atoms with Gasteiger partial charge in [-0.25, -0.2) is 0 Å². The number of aryl methyl sites for hydroxylation is 1. The summed E-state index contributed by atoms with van der Waals surface area (Å²) < 4.78 is 5.68. The van der Waals surface area contributed by atoms with Crippen molar-refractivity contribution in [2.45, 2.75) is 45.2 Å². The van der Waals surface area contributed by atoms with E-state index in [1.165, 1.54) is 5.56 Å². The average Bonchev–Trinajstić information content (AvgIpc) is 2.63. The quantitative estimate of drug-likeness (QED) is 0.835. The number of piperidine rings is 1. The molecule has 4 nitrogen and oxygen atoms in total. The number of benzene rings is 2. The number of carboxylic acids is 1. The Balaban J connectivity index is 2.07. The van der Waals surface area contributed by atoms with Crippen molar-refractivity contribution >= 4 is 5.97 Å².